The minimum Gasteiger partial charge on any atom is -0.394 e. The van der Waals surface area contributed by atoms with Crippen molar-refractivity contribution >= 4 is 5.91 Å². The third-order valence-electron chi connectivity index (χ3n) is 13.2. The van der Waals surface area contributed by atoms with Gasteiger partial charge in [0.25, 0.3) is 0 Å². The molecule has 61 heavy (non-hydrogen) atoms. The van der Waals surface area contributed by atoms with E-state index in [1.165, 1.54) is 205 Å². The van der Waals surface area contributed by atoms with Crippen molar-refractivity contribution in [1.82, 2.24) is 5.32 Å². The van der Waals surface area contributed by atoms with Crippen molar-refractivity contribution in [2.24, 2.45) is 0 Å². The second-order valence-corrected chi connectivity index (χ2v) is 19.0. The number of amides is 1. The van der Waals surface area contributed by atoms with Gasteiger partial charge in [0.15, 0.2) is 6.29 Å². The first kappa shape index (κ1) is 58.2. The quantitative estimate of drug-likeness (QED) is 0.0331. The second kappa shape index (κ2) is 43.1. The predicted molar refractivity (Wildman–Crippen MR) is 254 cm³/mol. The summed E-state index contributed by atoms with van der Waals surface area (Å²) in [5, 5.41) is 54.5. The first-order valence-corrected chi connectivity index (χ1v) is 26.7. The van der Waals surface area contributed by atoms with Crippen molar-refractivity contribution in [2.45, 2.75) is 314 Å². The van der Waals surface area contributed by atoms with E-state index in [1.807, 2.05) is 0 Å². The summed E-state index contributed by atoms with van der Waals surface area (Å²) in [6, 6.07) is -0.712. The van der Waals surface area contributed by atoms with Crippen molar-refractivity contribution in [3.63, 3.8) is 0 Å². The molecule has 6 N–H and O–H groups in total. The maximum atomic E-state index is 13.0. The molecular weight excluding hydrogens is 767 g/mol. The molecule has 0 aromatic rings. The molecular formula is C52H103NO8. The van der Waals surface area contributed by atoms with Crippen LogP contribution in [0.1, 0.15) is 271 Å². The van der Waals surface area contributed by atoms with Crippen LogP contribution in [0.4, 0.5) is 0 Å². The van der Waals surface area contributed by atoms with Gasteiger partial charge >= 0.3 is 0 Å². The van der Waals surface area contributed by atoms with E-state index in [-0.39, 0.29) is 12.5 Å². The standard InChI is InChI=1S/C52H103NO8/c1-3-5-7-9-11-13-15-17-18-19-20-21-22-23-24-25-26-27-28-30-32-34-36-38-40-42-48(56)53-45(44-60-52-51(59)50(58)49(57)47(43-54)61-52)46(55)41-39-37-35-33-31-29-16-14-12-10-8-6-4-2/h45-47,49-52,54-55,57-59H,3-44H2,1-2H3,(H,53,56)/t45-,46+,47+,49-,50?,51?,52+/m0/s1. The lowest BCUT2D eigenvalue weighted by atomic mass is 9.99. The molecule has 1 saturated heterocycles. The van der Waals surface area contributed by atoms with E-state index >= 15 is 0 Å². The van der Waals surface area contributed by atoms with Crippen LogP contribution in [0.2, 0.25) is 0 Å². The van der Waals surface area contributed by atoms with Crippen molar-refractivity contribution in [3.05, 3.63) is 0 Å². The first-order chi connectivity index (χ1) is 29.8. The molecule has 9 nitrogen and oxygen atoms in total. The summed E-state index contributed by atoms with van der Waals surface area (Å²) in [4.78, 5) is 13.0. The zero-order valence-electron chi connectivity index (χ0n) is 40.2. The molecule has 1 amide bonds. The second-order valence-electron chi connectivity index (χ2n) is 19.0. The minimum atomic E-state index is -1.55. The number of ether oxygens (including phenoxy) is 2. The van der Waals surface area contributed by atoms with Crippen LogP contribution in [0.15, 0.2) is 0 Å². The smallest absolute Gasteiger partial charge is 0.220 e. The molecule has 364 valence electrons. The molecule has 7 atom stereocenters. The highest BCUT2D eigenvalue weighted by Gasteiger charge is 2.44. The Morgan fingerprint density at radius 1 is 0.492 bits per heavy atom. The Morgan fingerprint density at radius 3 is 1.16 bits per heavy atom. The third-order valence-corrected chi connectivity index (χ3v) is 13.2. The summed E-state index contributed by atoms with van der Waals surface area (Å²) >= 11 is 0. The molecule has 0 saturated carbocycles. The first-order valence-electron chi connectivity index (χ1n) is 26.7. The Bertz CT molecular complexity index is 924. The van der Waals surface area contributed by atoms with Crippen LogP contribution < -0.4 is 5.32 Å². The number of hydrogen-bond acceptors (Lipinski definition) is 8. The summed E-state index contributed by atoms with van der Waals surface area (Å²) in [7, 11) is 0. The van der Waals surface area contributed by atoms with Gasteiger partial charge in [-0.1, -0.05) is 251 Å². The van der Waals surface area contributed by atoms with Gasteiger partial charge in [0, 0.05) is 6.42 Å². The Kier molecular flexibility index (Phi) is 41.1. The largest absolute Gasteiger partial charge is 0.394 e. The number of aliphatic hydroxyl groups is 5. The highest BCUT2D eigenvalue weighted by Crippen LogP contribution is 2.23. The summed E-state index contributed by atoms with van der Waals surface area (Å²) < 4.78 is 11.3. The maximum absolute atomic E-state index is 13.0. The van der Waals surface area contributed by atoms with Gasteiger partial charge in [0.05, 0.1) is 25.4 Å². The lowest BCUT2D eigenvalue weighted by molar-refractivity contribution is -0.302. The fourth-order valence-electron chi connectivity index (χ4n) is 8.93. The van der Waals surface area contributed by atoms with Crippen LogP contribution in [0, 0.1) is 0 Å². The van der Waals surface area contributed by atoms with Gasteiger partial charge in [0.1, 0.15) is 24.4 Å². The minimum absolute atomic E-state index is 0.131. The Morgan fingerprint density at radius 2 is 0.820 bits per heavy atom. The topological polar surface area (TPSA) is 149 Å². The van der Waals surface area contributed by atoms with Crippen molar-refractivity contribution in [3.8, 4) is 0 Å². The van der Waals surface area contributed by atoms with Crippen LogP contribution in [0.3, 0.4) is 0 Å². The number of nitrogens with one attached hydrogen (secondary N) is 1. The molecule has 1 aliphatic heterocycles. The van der Waals surface area contributed by atoms with Crippen LogP contribution >= 0.6 is 0 Å². The summed E-state index contributed by atoms with van der Waals surface area (Å²) in [5.41, 5.74) is 0. The van der Waals surface area contributed by atoms with Gasteiger partial charge in [-0.2, -0.15) is 0 Å². The van der Waals surface area contributed by atoms with Crippen LogP contribution in [-0.2, 0) is 14.3 Å². The predicted octanol–water partition coefficient (Wildman–Crippen LogP) is 12.3. The lowest BCUT2D eigenvalue weighted by Gasteiger charge is -2.40. The summed E-state index contributed by atoms with van der Waals surface area (Å²) in [6.07, 6.45) is 42.7. The summed E-state index contributed by atoms with van der Waals surface area (Å²) in [6.45, 7) is 3.86. The molecule has 0 spiro atoms. The number of rotatable bonds is 46. The van der Waals surface area contributed by atoms with Crippen molar-refractivity contribution in [2.75, 3.05) is 13.2 Å². The van der Waals surface area contributed by atoms with Gasteiger partial charge in [-0.3, -0.25) is 4.79 Å². The number of hydrogen-bond donors (Lipinski definition) is 6. The van der Waals surface area contributed by atoms with Crippen molar-refractivity contribution < 1.29 is 39.8 Å². The van der Waals surface area contributed by atoms with Crippen LogP contribution in [0.25, 0.3) is 0 Å². The molecule has 1 aliphatic rings. The molecule has 0 bridgehead atoms. The highest BCUT2D eigenvalue weighted by molar-refractivity contribution is 5.76. The Hall–Kier alpha value is -0.810. The number of unbranched alkanes of at least 4 members (excludes halogenated alkanes) is 36. The molecule has 0 aliphatic carbocycles. The van der Waals surface area contributed by atoms with E-state index in [9.17, 15) is 30.3 Å². The van der Waals surface area contributed by atoms with Crippen LogP contribution in [-0.4, -0.2) is 87.5 Å². The monoisotopic (exact) mass is 870 g/mol. The zero-order chi connectivity index (χ0) is 44.4. The Balaban J connectivity index is 2.17. The van der Waals surface area contributed by atoms with Gasteiger partial charge < -0.3 is 40.3 Å². The average Bonchev–Trinajstić information content (AvgIpc) is 3.26. The van der Waals surface area contributed by atoms with Gasteiger partial charge in [-0.15, -0.1) is 0 Å². The average molecular weight is 870 g/mol. The molecule has 1 heterocycles. The molecule has 0 aromatic carbocycles. The molecule has 2 unspecified atom stereocenters. The van der Waals surface area contributed by atoms with E-state index < -0.39 is 49.5 Å². The van der Waals surface area contributed by atoms with E-state index in [0.717, 1.165) is 38.5 Å². The molecule has 0 radical (unpaired) electrons. The van der Waals surface area contributed by atoms with E-state index in [0.29, 0.717) is 12.8 Å². The molecule has 0 aromatic heterocycles. The summed E-state index contributed by atoms with van der Waals surface area (Å²) in [5.74, 6) is -0.138. The zero-order valence-corrected chi connectivity index (χ0v) is 40.2. The van der Waals surface area contributed by atoms with E-state index in [1.54, 1.807) is 0 Å². The van der Waals surface area contributed by atoms with Gasteiger partial charge in [0.2, 0.25) is 5.91 Å². The molecule has 1 fully saturated rings. The van der Waals surface area contributed by atoms with Gasteiger partial charge in [-0.25, -0.2) is 0 Å². The van der Waals surface area contributed by atoms with Crippen LogP contribution in [0.5, 0.6) is 0 Å². The van der Waals surface area contributed by atoms with E-state index in [4.69, 9.17) is 9.47 Å². The fraction of sp³-hybridized carbons (Fsp3) is 0.981. The maximum Gasteiger partial charge on any atom is 0.220 e. The Labute approximate surface area is 376 Å². The van der Waals surface area contributed by atoms with Gasteiger partial charge in [-0.05, 0) is 12.8 Å². The number of carbonyl (C=O) groups is 1. The lowest BCUT2D eigenvalue weighted by Crippen LogP contribution is -2.60. The van der Waals surface area contributed by atoms with Crippen molar-refractivity contribution in [1.29, 1.82) is 0 Å². The highest BCUT2D eigenvalue weighted by atomic mass is 16.7. The number of aliphatic hydroxyl groups excluding tert-OH is 5. The SMILES string of the molecule is CCCCCCCCCCCCCCCCCCCCCCCCCCCC(=O)N[C@@H](CO[C@@H]1O[C@H](CO)[C@H](O)C(O)C1O)[C@H](O)CCCCCCCCCCCCCCC. The number of carbonyl (C=O) groups excluding carboxylic acids is 1. The molecule has 1 rings (SSSR count). The third kappa shape index (κ3) is 33.3. The van der Waals surface area contributed by atoms with E-state index in [2.05, 4.69) is 19.2 Å². The fourth-order valence-corrected chi connectivity index (χ4v) is 8.93. The normalized spacial score (nSPS) is 20.3. The molecule has 9 heteroatoms.